The normalized spacial score (nSPS) is 13.6. The maximum Gasteiger partial charge on any atom is 0.307 e. The maximum atomic E-state index is 12.7. The van der Waals surface area contributed by atoms with Gasteiger partial charge in [-0.2, -0.15) is 0 Å². The minimum absolute atomic E-state index is 0.0681. The number of phenolic OH excluding ortho intramolecular Hbond substituents is 1. The summed E-state index contributed by atoms with van der Waals surface area (Å²) in [6.07, 6.45) is -0.332. The van der Waals surface area contributed by atoms with Gasteiger partial charge in [-0.15, -0.1) is 0 Å². The van der Waals surface area contributed by atoms with Gasteiger partial charge in [0.15, 0.2) is 5.78 Å². The first kappa shape index (κ1) is 23.2. The lowest BCUT2D eigenvalue weighted by molar-refractivity contribution is -0.142. The fourth-order valence-electron chi connectivity index (χ4n) is 3.91. The molecular weight excluding hydrogens is 458 g/mol. The number of hydrogen-bond donors (Lipinski definition) is 2. The lowest BCUT2D eigenvalue weighted by Gasteiger charge is -2.17. The Hall–Kier alpha value is -3.97. The van der Waals surface area contributed by atoms with Crippen molar-refractivity contribution < 1.29 is 29.4 Å². The van der Waals surface area contributed by atoms with Gasteiger partial charge in [-0.05, 0) is 47.9 Å². The van der Waals surface area contributed by atoms with Crippen molar-refractivity contribution in [2.24, 2.45) is 5.92 Å². The van der Waals surface area contributed by atoms with E-state index < -0.39 is 23.7 Å². The number of carbonyl (C=O) groups excluding carboxylic acids is 3. The van der Waals surface area contributed by atoms with Gasteiger partial charge in [0.25, 0.3) is 11.8 Å². The van der Waals surface area contributed by atoms with Crippen LogP contribution in [-0.4, -0.2) is 45.2 Å². The van der Waals surface area contributed by atoms with Crippen LogP contribution in [0.5, 0.6) is 5.75 Å². The Bertz CT molecular complexity index is 1280. The third-order valence-corrected chi connectivity index (χ3v) is 6.07. The molecule has 0 bridgehead atoms. The molecule has 0 saturated carbocycles. The fourth-order valence-corrected chi connectivity index (χ4v) is 4.04. The highest BCUT2D eigenvalue weighted by atomic mass is 35.5. The number of phenols is 1. The summed E-state index contributed by atoms with van der Waals surface area (Å²) in [5.74, 6) is -3.88. The first-order valence-corrected chi connectivity index (χ1v) is 10.9. The average Bonchev–Trinajstić information content (AvgIpc) is 3.05. The molecule has 2 N–H and O–H groups in total. The van der Waals surface area contributed by atoms with E-state index in [9.17, 15) is 29.4 Å². The Labute approximate surface area is 200 Å². The number of carboxylic acid groups (broad SMARTS) is 1. The SMILES string of the molecule is O=C(CC(CCN1C(=O)c2ccc(O)cc2C1=O)C(=O)O)c1ccc(-c2ccc(Cl)cc2)cc1. The highest BCUT2D eigenvalue weighted by Crippen LogP contribution is 2.28. The zero-order chi connectivity index (χ0) is 24.4. The molecular formula is C26H20ClNO6. The molecule has 1 atom stereocenters. The number of carbonyl (C=O) groups is 4. The standard InChI is InChI=1S/C26H20ClNO6/c27-19-7-5-16(6-8-19)15-1-3-17(4-2-15)23(30)13-18(26(33)34)11-12-28-24(31)21-10-9-20(29)14-22(21)25(28)32/h1-10,14,18,29H,11-13H2,(H,33,34). The molecule has 3 aromatic carbocycles. The third-order valence-electron chi connectivity index (χ3n) is 5.82. The number of amides is 2. The predicted octanol–water partition coefficient (Wildman–Crippen LogP) is 4.67. The average molecular weight is 478 g/mol. The van der Waals surface area contributed by atoms with Crippen molar-refractivity contribution >= 4 is 35.2 Å². The molecule has 3 aromatic rings. The molecule has 0 aromatic heterocycles. The molecule has 1 unspecified atom stereocenters. The van der Waals surface area contributed by atoms with E-state index in [1.165, 1.54) is 18.2 Å². The Kier molecular flexibility index (Phi) is 6.47. The number of imide groups is 1. The molecule has 2 amide bonds. The molecule has 1 heterocycles. The Balaban J connectivity index is 1.41. The summed E-state index contributed by atoms with van der Waals surface area (Å²) in [5, 5.41) is 19.8. The van der Waals surface area contributed by atoms with Gasteiger partial charge in [0.2, 0.25) is 0 Å². The van der Waals surface area contributed by atoms with Crippen LogP contribution >= 0.6 is 11.6 Å². The molecule has 8 heteroatoms. The van der Waals surface area contributed by atoms with E-state index >= 15 is 0 Å². The van der Waals surface area contributed by atoms with Crippen molar-refractivity contribution in [3.05, 3.63) is 88.4 Å². The molecule has 0 fully saturated rings. The van der Waals surface area contributed by atoms with Gasteiger partial charge >= 0.3 is 5.97 Å². The summed E-state index contributed by atoms with van der Waals surface area (Å²) < 4.78 is 0. The minimum Gasteiger partial charge on any atom is -0.508 e. The monoisotopic (exact) mass is 477 g/mol. The van der Waals surface area contributed by atoms with Gasteiger partial charge in [0.05, 0.1) is 17.0 Å². The van der Waals surface area contributed by atoms with Gasteiger partial charge in [0.1, 0.15) is 5.75 Å². The number of ketones is 1. The molecule has 1 aliphatic heterocycles. The Morgan fingerprint density at radius 3 is 2.06 bits per heavy atom. The molecule has 0 spiro atoms. The topological polar surface area (TPSA) is 112 Å². The van der Waals surface area contributed by atoms with E-state index in [-0.39, 0.29) is 42.0 Å². The highest BCUT2D eigenvalue weighted by Gasteiger charge is 2.36. The number of aromatic hydroxyl groups is 1. The van der Waals surface area contributed by atoms with Crippen molar-refractivity contribution in [2.75, 3.05) is 6.54 Å². The second-order valence-electron chi connectivity index (χ2n) is 8.03. The number of halogens is 1. The van der Waals surface area contributed by atoms with Gasteiger partial charge in [-0.3, -0.25) is 24.1 Å². The summed E-state index contributed by atoms with van der Waals surface area (Å²) >= 11 is 5.91. The van der Waals surface area contributed by atoms with Crippen molar-refractivity contribution in [1.29, 1.82) is 0 Å². The first-order chi connectivity index (χ1) is 16.2. The van der Waals surface area contributed by atoms with Crippen LogP contribution < -0.4 is 0 Å². The number of hydrogen-bond acceptors (Lipinski definition) is 5. The van der Waals surface area contributed by atoms with Crippen LogP contribution in [0.1, 0.15) is 43.9 Å². The summed E-state index contributed by atoms with van der Waals surface area (Å²) in [7, 11) is 0. The molecule has 1 aliphatic rings. The van der Waals surface area contributed by atoms with Crippen LogP contribution in [0.3, 0.4) is 0 Å². The Morgan fingerprint density at radius 1 is 0.853 bits per heavy atom. The van der Waals surface area contributed by atoms with E-state index in [1.54, 1.807) is 36.4 Å². The molecule has 0 saturated heterocycles. The van der Waals surface area contributed by atoms with Gasteiger partial charge in [-0.1, -0.05) is 48.0 Å². The van der Waals surface area contributed by atoms with Crippen molar-refractivity contribution in [2.45, 2.75) is 12.8 Å². The molecule has 34 heavy (non-hydrogen) atoms. The molecule has 172 valence electrons. The molecule has 4 rings (SSSR count). The smallest absolute Gasteiger partial charge is 0.307 e. The number of fused-ring (bicyclic) bond motifs is 1. The van der Waals surface area contributed by atoms with E-state index in [2.05, 4.69) is 0 Å². The van der Waals surface area contributed by atoms with Crippen LogP contribution in [-0.2, 0) is 4.79 Å². The van der Waals surface area contributed by atoms with Gasteiger partial charge in [0, 0.05) is 23.6 Å². The molecule has 0 aliphatic carbocycles. The first-order valence-electron chi connectivity index (χ1n) is 10.6. The van der Waals surface area contributed by atoms with Crippen molar-refractivity contribution in [3.8, 4) is 16.9 Å². The highest BCUT2D eigenvalue weighted by molar-refractivity contribution is 6.30. The van der Waals surface area contributed by atoms with E-state index in [0.717, 1.165) is 16.0 Å². The number of nitrogens with zero attached hydrogens (tertiary/aromatic N) is 1. The minimum atomic E-state index is -1.18. The summed E-state index contributed by atoms with van der Waals surface area (Å²) in [6.45, 7) is -0.146. The van der Waals surface area contributed by atoms with Crippen molar-refractivity contribution in [1.82, 2.24) is 4.90 Å². The van der Waals surface area contributed by atoms with Crippen molar-refractivity contribution in [3.63, 3.8) is 0 Å². The summed E-state index contributed by atoms with van der Waals surface area (Å²) in [4.78, 5) is 50.5. The second kappa shape index (κ2) is 9.49. The number of rotatable bonds is 8. The largest absolute Gasteiger partial charge is 0.508 e. The van der Waals surface area contributed by atoms with Crippen LogP contribution in [0.4, 0.5) is 0 Å². The van der Waals surface area contributed by atoms with E-state index in [4.69, 9.17) is 11.6 Å². The van der Waals surface area contributed by atoms with Gasteiger partial charge < -0.3 is 10.2 Å². The maximum absolute atomic E-state index is 12.7. The molecule has 7 nitrogen and oxygen atoms in total. The number of Topliss-reactive ketones (excluding diaryl/α,β-unsaturated/α-hetero) is 1. The molecule has 0 radical (unpaired) electrons. The van der Waals surface area contributed by atoms with Crippen LogP contribution in [0.15, 0.2) is 66.7 Å². The second-order valence-corrected chi connectivity index (χ2v) is 8.46. The lowest BCUT2D eigenvalue weighted by Crippen LogP contribution is -2.33. The van der Waals surface area contributed by atoms with Gasteiger partial charge in [-0.25, -0.2) is 0 Å². The number of carboxylic acids is 1. The fraction of sp³-hybridized carbons (Fsp3) is 0.154. The summed E-state index contributed by atoms with van der Waals surface area (Å²) in [6, 6.07) is 18.0. The third kappa shape index (κ3) is 4.70. The predicted molar refractivity (Wildman–Crippen MR) is 125 cm³/mol. The number of benzene rings is 3. The van der Waals surface area contributed by atoms with Crippen LogP contribution in [0.25, 0.3) is 11.1 Å². The van der Waals surface area contributed by atoms with Crippen LogP contribution in [0.2, 0.25) is 5.02 Å². The van der Waals surface area contributed by atoms with E-state index in [0.29, 0.717) is 10.6 Å². The zero-order valence-electron chi connectivity index (χ0n) is 17.9. The quantitative estimate of drug-likeness (QED) is 0.360. The summed E-state index contributed by atoms with van der Waals surface area (Å²) in [5.41, 5.74) is 2.43. The van der Waals surface area contributed by atoms with E-state index in [1.807, 2.05) is 12.1 Å². The Morgan fingerprint density at radius 2 is 1.44 bits per heavy atom. The zero-order valence-corrected chi connectivity index (χ0v) is 18.7. The van der Waals surface area contributed by atoms with Crippen LogP contribution in [0, 0.1) is 5.92 Å². The lowest BCUT2D eigenvalue weighted by atomic mass is 9.94. The number of aliphatic carboxylic acids is 1.